The SMILES string of the molecule is CO[C@H]1C[C@@H]2CC[C@@H](C)[C@@](O)(O2)C(=O)C(=O)N2CCCC[C@H]2C(=O)O[C@H]([C@H](N)C[C@@H]2CC[C@H](n3cc(CCCC(=O)NCCOCCOCCOCCC(=O)NCCOCCOCCC(=O)NCCCCn4nc(-c5ccc6oc(N)nc6c5)c5c(N)ncnc54)nn3)[C@H](OC)C2)C/C(=N/OC(C)(C)C)[C@H](C)/C=C(\C)[C@@H](O)[C@@H](O)C(=O)[C@H](C)C[C@H](C)/C=C/C=C/C=C/1C. The Morgan fingerprint density at radius 3 is 2.12 bits per heavy atom. The zero-order valence-electron chi connectivity index (χ0n) is 76.4. The van der Waals surface area contributed by atoms with Crippen LogP contribution in [-0.4, -0.2) is 273 Å². The number of Topliss-reactive ketones (excluding diaryl/α,β-unsaturated/α-hetero) is 2. The summed E-state index contributed by atoms with van der Waals surface area (Å²) in [6.45, 7) is 20.7. The summed E-state index contributed by atoms with van der Waals surface area (Å²) in [5.41, 5.74) is 23.9. The van der Waals surface area contributed by atoms with E-state index in [1.807, 2.05) is 88.0 Å². The molecular formula is C91H138N16O21. The molecule has 9 rings (SSSR count). The number of hydrogen-bond donors (Lipinski definition) is 9. The molecule has 1 aliphatic carbocycles. The Bertz CT molecular complexity index is 4560. The number of fused-ring (bicyclic) bond motifs is 5. The van der Waals surface area contributed by atoms with Gasteiger partial charge in [-0.1, -0.05) is 74.5 Å². The van der Waals surface area contributed by atoms with E-state index in [1.165, 1.54) is 11.2 Å². The lowest BCUT2D eigenvalue weighted by Gasteiger charge is -2.42. The molecule has 15 atom stereocenters. The van der Waals surface area contributed by atoms with Gasteiger partial charge in [0.1, 0.15) is 53.3 Å². The number of amides is 4. The van der Waals surface area contributed by atoms with E-state index in [4.69, 9.17) is 74.2 Å². The van der Waals surface area contributed by atoms with Crippen LogP contribution in [0.4, 0.5) is 11.8 Å². The lowest BCUT2D eigenvalue weighted by molar-refractivity contribution is -0.265. The van der Waals surface area contributed by atoms with Crippen LogP contribution < -0.4 is 33.2 Å². The number of ether oxygens (including phenoxy) is 9. The normalized spacial score (nSPS) is 26.7. The third-order valence-corrected chi connectivity index (χ3v) is 23.7. The summed E-state index contributed by atoms with van der Waals surface area (Å²) >= 11 is 0. The second-order valence-electron chi connectivity index (χ2n) is 35.0. The third-order valence-electron chi connectivity index (χ3n) is 23.7. The lowest BCUT2D eigenvalue weighted by Crippen LogP contribution is -2.61. The molecule has 0 radical (unpaired) electrons. The average molecular weight is 1790 g/mol. The molecule has 1 saturated carbocycles. The number of ketones is 2. The largest absolute Gasteiger partial charge is 0.459 e. The van der Waals surface area contributed by atoms with E-state index in [9.17, 15) is 44.1 Å². The van der Waals surface area contributed by atoms with Crippen LogP contribution in [0.5, 0.6) is 0 Å². The van der Waals surface area contributed by atoms with E-state index in [2.05, 4.69) is 46.4 Å². The number of methoxy groups -OCH3 is 2. The van der Waals surface area contributed by atoms with Crippen LogP contribution >= 0.6 is 0 Å². The van der Waals surface area contributed by atoms with Crippen LogP contribution in [0.25, 0.3) is 33.4 Å². The maximum atomic E-state index is 15.1. The van der Waals surface area contributed by atoms with Gasteiger partial charge in [0.05, 0.1) is 107 Å². The number of esters is 1. The molecule has 37 heteroatoms. The number of nitrogen functional groups attached to an aromatic ring is 2. The number of aryl methyl sites for hydroxylation is 2. The number of aliphatic hydroxyl groups is 3. The number of oxime groups is 1. The van der Waals surface area contributed by atoms with Gasteiger partial charge in [0, 0.05) is 115 Å². The van der Waals surface area contributed by atoms with E-state index < -0.39 is 95.2 Å². The highest BCUT2D eigenvalue weighted by Gasteiger charge is 2.53. The molecule has 4 amide bonds. The van der Waals surface area contributed by atoms with Crippen molar-refractivity contribution in [2.24, 2.45) is 40.5 Å². The van der Waals surface area contributed by atoms with E-state index in [0.717, 1.165) is 17.6 Å². The predicted octanol–water partition coefficient (Wildman–Crippen LogP) is 7.42. The molecule has 4 aromatic heterocycles. The summed E-state index contributed by atoms with van der Waals surface area (Å²) in [5, 5.41) is 63.0. The second kappa shape index (κ2) is 51.3. The molecule has 2 bridgehead atoms. The maximum Gasteiger partial charge on any atom is 0.329 e. The van der Waals surface area contributed by atoms with Crippen molar-refractivity contribution in [1.82, 2.24) is 60.6 Å². The van der Waals surface area contributed by atoms with Gasteiger partial charge in [0.25, 0.3) is 17.7 Å². The smallest absolute Gasteiger partial charge is 0.329 e. The quantitative estimate of drug-likeness (QED) is 0.00610. The number of unbranched alkanes of at least 4 members (excludes halogenated alkanes) is 1. The van der Waals surface area contributed by atoms with Crippen LogP contribution in [0.15, 0.2) is 87.9 Å². The highest BCUT2D eigenvalue weighted by molar-refractivity contribution is 6.39. The van der Waals surface area contributed by atoms with Gasteiger partial charge in [-0.15, -0.1) is 5.10 Å². The molecule has 0 spiro atoms. The molecule has 1 aromatic carbocycles. The number of oxazole rings is 1. The van der Waals surface area contributed by atoms with Gasteiger partial charge in [-0.2, -0.15) is 10.1 Å². The Morgan fingerprint density at radius 1 is 0.750 bits per heavy atom. The first-order chi connectivity index (χ1) is 61.3. The average Bonchev–Trinajstić information content (AvgIpc) is 1.49. The van der Waals surface area contributed by atoms with E-state index in [0.29, 0.717) is 201 Å². The number of allylic oxidation sites excluding steroid dienone is 6. The summed E-state index contributed by atoms with van der Waals surface area (Å²) in [6, 6.07) is 3.25. The molecule has 0 unspecified atom stereocenters. The predicted molar refractivity (Wildman–Crippen MR) is 477 cm³/mol. The molecule has 12 N–H and O–H groups in total. The first-order valence-corrected chi connectivity index (χ1v) is 45.2. The number of carbonyl (C=O) groups excluding carboxylic acids is 7. The van der Waals surface area contributed by atoms with Crippen molar-refractivity contribution in [3.05, 3.63) is 84.0 Å². The minimum Gasteiger partial charge on any atom is -0.459 e. The Balaban J connectivity index is 0.650. The zero-order chi connectivity index (χ0) is 92.5. The number of nitrogens with one attached hydrogen (secondary N) is 3. The molecule has 3 fully saturated rings. The van der Waals surface area contributed by atoms with Crippen LogP contribution in [0.3, 0.4) is 0 Å². The summed E-state index contributed by atoms with van der Waals surface area (Å²) < 4.78 is 61.8. The van der Waals surface area contributed by atoms with Gasteiger partial charge < -0.3 is 105 Å². The fourth-order valence-electron chi connectivity index (χ4n) is 16.4. The Kier molecular flexibility index (Phi) is 41.0. The minimum atomic E-state index is -2.50. The molecule has 7 heterocycles. The summed E-state index contributed by atoms with van der Waals surface area (Å²) in [7, 11) is 3.20. The third kappa shape index (κ3) is 31.2. The maximum absolute atomic E-state index is 15.1. The molecule has 708 valence electrons. The van der Waals surface area contributed by atoms with E-state index in [-0.39, 0.29) is 112 Å². The van der Waals surface area contributed by atoms with Crippen molar-refractivity contribution in [2.45, 2.75) is 257 Å². The number of hydrogen-bond acceptors (Lipinski definition) is 31. The van der Waals surface area contributed by atoms with E-state index >= 15 is 4.79 Å². The molecule has 37 nitrogen and oxygen atoms in total. The van der Waals surface area contributed by atoms with Gasteiger partial charge >= 0.3 is 5.97 Å². The molecule has 3 aliphatic heterocycles. The van der Waals surface area contributed by atoms with E-state index in [1.54, 1.807) is 58.7 Å². The number of rotatable bonds is 38. The number of nitrogens with two attached hydrogens (primary N) is 3. The summed E-state index contributed by atoms with van der Waals surface area (Å²) in [5.74, 6) is -8.34. The number of cyclic esters (lactones) is 1. The van der Waals surface area contributed by atoms with Crippen LogP contribution in [0.2, 0.25) is 0 Å². The highest BCUT2D eigenvalue weighted by atomic mass is 16.7. The summed E-state index contributed by atoms with van der Waals surface area (Å²) in [4.78, 5) is 116. The fraction of sp³-hybridized carbons (Fsp3) is 0.670. The number of aliphatic hydroxyl groups excluding tert-OH is 2. The van der Waals surface area contributed by atoms with Gasteiger partial charge in [0.15, 0.2) is 17.0 Å². The van der Waals surface area contributed by atoms with Crippen LogP contribution in [0, 0.1) is 29.6 Å². The number of anilines is 2. The Labute approximate surface area is 749 Å². The molecular weight excluding hydrogens is 1650 g/mol. The number of nitrogens with zero attached hydrogens (tertiary/aromatic N) is 10. The van der Waals surface area contributed by atoms with Gasteiger partial charge in [-0.25, -0.2) is 24.1 Å². The monoisotopic (exact) mass is 1790 g/mol. The zero-order valence-corrected chi connectivity index (χ0v) is 76.4. The van der Waals surface area contributed by atoms with Crippen molar-refractivity contribution in [3.8, 4) is 11.3 Å². The van der Waals surface area contributed by atoms with Crippen LogP contribution in [-0.2, 0) is 94.0 Å². The molecule has 5 aromatic rings. The van der Waals surface area contributed by atoms with Crippen molar-refractivity contribution in [2.75, 3.05) is 118 Å². The highest BCUT2D eigenvalue weighted by Crippen LogP contribution is 2.40. The first-order valence-electron chi connectivity index (χ1n) is 45.2. The fourth-order valence-corrected chi connectivity index (χ4v) is 16.4. The Hall–Kier alpha value is -9.38. The second-order valence-corrected chi connectivity index (χ2v) is 35.0. The number of carbonyl (C=O) groups is 7. The van der Waals surface area contributed by atoms with Crippen molar-refractivity contribution in [3.63, 3.8) is 0 Å². The van der Waals surface area contributed by atoms with Crippen molar-refractivity contribution >= 4 is 80.8 Å². The van der Waals surface area contributed by atoms with Gasteiger partial charge in [-0.05, 0) is 166 Å². The standard InChI is InChI=1S/C91H138N16O21/c1-57-20-13-12-14-21-58(2)73(118-10)53-66-28-25-62(6)91(117,127-66)84(114)87(115)105-36-17-15-23-71(105)88(116)125-74(54-68(103-128-90(7,8)9)59(3)49-61(5)82(112)83(113)81(111)60(4)48-57)67(92)50-63-26-29-70(75(51-63)119-11)107-55-65(101-104-107)22-19-24-76(108)96-34-40-123-45-47-124-46-43-121-39-32-78(110)97-35-41-122-44-42-120-38-31-77(109)95-33-16-18-37-106-86-79(85(93)98-56-99-86)80(102-106)64-27-30-72-69(52-64)100-89(94)126-72/h12-14,20-21,27,30,49,52,55-57,59-60,62-63,66-67,70-71,73-75,82-83,112-113,117H,15-19,22-26,28-29,31-48,50-51,53-54,92H2,1-11H3,(H2,94,100)(H,95,109)(H,96,108)(H,97,110)(H2,93,98,99)/b14-12+,20-13+,58-21+,61-49+,103-68-/t57-,59-,60-,62-,63+,66+,67-,70+,71+,73+,74+,75-,82-,83+,91-/m1/s1. The molecule has 128 heavy (non-hydrogen) atoms. The number of benzene rings is 1. The lowest BCUT2D eigenvalue weighted by atomic mass is 9.79. The number of aromatic nitrogens is 8. The van der Waals surface area contributed by atoms with Crippen LogP contribution in [0.1, 0.15) is 190 Å². The molecule has 2 saturated heterocycles. The van der Waals surface area contributed by atoms with Crippen molar-refractivity contribution < 1.29 is 101 Å². The summed E-state index contributed by atoms with van der Waals surface area (Å²) in [6.07, 6.45) is 16.4. The molecule has 4 aliphatic rings. The Morgan fingerprint density at radius 2 is 1.43 bits per heavy atom. The number of piperidine rings is 1. The minimum absolute atomic E-state index is 0.0288. The van der Waals surface area contributed by atoms with Crippen molar-refractivity contribution in [1.29, 1.82) is 0 Å². The topological polar surface area (TPSA) is 503 Å². The van der Waals surface area contributed by atoms with Gasteiger partial charge in [0.2, 0.25) is 23.5 Å². The van der Waals surface area contributed by atoms with Gasteiger partial charge in [-0.3, -0.25) is 28.8 Å². The first kappa shape index (κ1) is 102.